The predicted molar refractivity (Wildman–Crippen MR) is 115 cm³/mol. The third-order valence-electron chi connectivity index (χ3n) is 4.14. The predicted octanol–water partition coefficient (Wildman–Crippen LogP) is 5.78. The Morgan fingerprint density at radius 1 is 1.04 bits per heavy atom. The quantitative estimate of drug-likeness (QED) is 0.407. The molecule has 0 atom stereocenters. The minimum atomic E-state index is -0.443. The van der Waals surface area contributed by atoms with Crippen molar-refractivity contribution in [1.29, 1.82) is 0 Å². The third-order valence-corrected chi connectivity index (χ3v) is 5.20. The normalized spacial score (nSPS) is 10.4. The average molecular weight is 495 g/mol. The second-order valence-corrected chi connectivity index (χ2v) is 7.25. The Labute approximate surface area is 177 Å². The molecule has 0 saturated carbocycles. The van der Waals surface area contributed by atoms with Crippen LogP contribution in [0.1, 0.15) is 12.5 Å². The molecule has 0 bridgehead atoms. The molecule has 0 unspecified atom stereocenters. The smallest absolute Gasteiger partial charge is 0.224 e. The van der Waals surface area contributed by atoms with Crippen LogP contribution in [0.4, 0.5) is 10.1 Å². The molecule has 6 heteroatoms. The van der Waals surface area contributed by atoms with Crippen LogP contribution in [-0.4, -0.2) is 13.0 Å². The first-order valence-corrected chi connectivity index (χ1v) is 9.69. The average Bonchev–Trinajstić information content (AvgIpc) is 2.69. The van der Waals surface area contributed by atoms with E-state index in [9.17, 15) is 9.18 Å². The van der Waals surface area contributed by atoms with E-state index in [1.165, 1.54) is 30.0 Å². The maximum Gasteiger partial charge on any atom is 0.224 e. The van der Waals surface area contributed by atoms with E-state index in [0.717, 1.165) is 9.13 Å². The van der Waals surface area contributed by atoms with Crippen molar-refractivity contribution >= 4 is 34.2 Å². The monoisotopic (exact) mass is 495 g/mol. The number of para-hydroxylation sites is 1. The Balaban J connectivity index is 2.00. The summed E-state index contributed by atoms with van der Waals surface area (Å²) in [5.74, 6) is 1.04. The summed E-state index contributed by atoms with van der Waals surface area (Å²) >= 11 is 2.20. The lowest BCUT2D eigenvalue weighted by atomic mass is 10.1. The molecule has 0 radical (unpaired) electrons. The van der Waals surface area contributed by atoms with Crippen molar-refractivity contribution in [2.45, 2.75) is 13.5 Å². The number of carbonyl (C=O) groups is 1. The first-order chi connectivity index (χ1) is 13.5. The number of ether oxygens (including phenoxy) is 2. The second-order valence-electron chi connectivity index (χ2n) is 6.09. The van der Waals surface area contributed by atoms with Gasteiger partial charge >= 0.3 is 0 Å². The van der Waals surface area contributed by atoms with Crippen LogP contribution in [0.2, 0.25) is 0 Å². The van der Waals surface area contributed by atoms with Gasteiger partial charge in [0.15, 0.2) is 5.75 Å². The maximum atomic E-state index is 14.0. The Hall–Kier alpha value is -2.61. The highest BCUT2D eigenvalue weighted by molar-refractivity contribution is 14.1. The highest BCUT2D eigenvalue weighted by Gasteiger charge is 2.20. The molecule has 0 fully saturated rings. The van der Waals surface area contributed by atoms with E-state index in [4.69, 9.17) is 9.47 Å². The molecule has 1 amide bonds. The summed E-state index contributed by atoms with van der Waals surface area (Å²) in [6.45, 7) is 1.71. The van der Waals surface area contributed by atoms with Crippen LogP contribution >= 0.6 is 22.6 Å². The van der Waals surface area contributed by atoms with E-state index in [-0.39, 0.29) is 12.5 Å². The number of hydrogen-bond donors (Lipinski definition) is 0. The summed E-state index contributed by atoms with van der Waals surface area (Å²) in [7, 11) is 1.59. The molecule has 3 aromatic rings. The Morgan fingerprint density at radius 2 is 1.79 bits per heavy atom. The van der Waals surface area contributed by atoms with Gasteiger partial charge in [0.1, 0.15) is 17.3 Å². The topological polar surface area (TPSA) is 38.8 Å². The largest absolute Gasteiger partial charge is 0.497 e. The summed E-state index contributed by atoms with van der Waals surface area (Å²) < 4.78 is 26.2. The zero-order chi connectivity index (χ0) is 20.1. The van der Waals surface area contributed by atoms with Crippen molar-refractivity contribution < 1.29 is 18.7 Å². The number of methoxy groups -OCH3 is 1. The minimum Gasteiger partial charge on any atom is -0.497 e. The summed E-state index contributed by atoms with van der Waals surface area (Å²) in [4.78, 5) is 13.9. The number of rotatable bonds is 6. The SMILES string of the molecule is COc1ccc([131I])c(CN(C(C)=O)c2cc(F)ccc2Oc2ccccc2)c1. The van der Waals surface area contributed by atoms with Crippen molar-refractivity contribution in [3.05, 3.63) is 81.7 Å². The molecule has 0 aliphatic rings. The van der Waals surface area contributed by atoms with E-state index in [1.807, 2.05) is 36.4 Å². The zero-order valence-corrected chi connectivity index (χ0v) is 17.6. The van der Waals surface area contributed by atoms with Gasteiger partial charge in [0.25, 0.3) is 0 Å². The Morgan fingerprint density at radius 3 is 2.46 bits per heavy atom. The molecular weight excluding hydrogens is 476 g/mol. The van der Waals surface area contributed by atoms with Crippen molar-refractivity contribution in [2.24, 2.45) is 0 Å². The lowest BCUT2D eigenvalue weighted by molar-refractivity contribution is -0.116. The van der Waals surface area contributed by atoms with Crippen molar-refractivity contribution in [3.8, 4) is 17.2 Å². The van der Waals surface area contributed by atoms with Gasteiger partial charge in [-0.25, -0.2) is 4.39 Å². The molecule has 3 aromatic carbocycles. The van der Waals surface area contributed by atoms with E-state index in [1.54, 1.807) is 19.2 Å². The van der Waals surface area contributed by atoms with Crippen molar-refractivity contribution in [2.75, 3.05) is 12.0 Å². The van der Waals surface area contributed by atoms with Gasteiger partial charge in [0, 0.05) is 16.6 Å². The number of anilines is 1. The van der Waals surface area contributed by atoms with Crippen LogP contribution in [-0.2, 0) is 11.3 Å². The van der Waals surface area contributed by atoms with E-state index >= 15 is 0 Å². The number of hydrogen-bond acceptors (Lipinski definition) is 3. The highest BCUT2D eigenvalue weighted by atomic mass is 131. The molecule has 0 heterocycles. The molecule has 0 saturated heterocycles. The molecule has 144 valence electrons. The van der Waals surface area contributed by atoms with Crippen molar-refractivity contribution in [1.82, 2.24) is 0 Å². The van der Waals surface area contributed by atoms with Crippen molar-refractivity contribution in [3.63, 3.8) is 0 Å². The molecule has 0 aliphatic carbocycles. The fourth-order valence-corrected chi connectivity index (χ4v) is 3.25. The standard InChI is InChI=1S/C22H19FINO3/c1-15(26)25(14-16-12-19(27-2)9-10-20(16)24)21-13-17(23)8-11-22(21)28-18-6-4-3-5-7-18/h3-13H,14H2,1-2H3/i24+4. The molecule has 3 rings (SSSR count). The molecule has 0 N–H and O–H groups in total. The van der Waals surface area contributed by atoms with Gasteiger partial charge in [-0.2, -0.15) is 0 Å². The first kappa shape index (κ1) is 20.1. The molecule has 0 spiro atoms. The molecular formula is C22H19FINO3. The van der Waals surface area contributed by atoms with Gasteiger partial charge in [-0.3, -0.25) is 4.79 Å². The first-order valence-electron chi connectivity index (χ1n) is 8.61. The number of carbonyl (C=O) groups excluding carboxylic acids is 1. The molecule has 0 aromatic heterocycles. The zero-order valence-electron chi connectivity index (χ0n) is 15.5. The van der Waals surface area contributed by atoms with Gasteiger partial charge in [-0.15, -0.1) is 0 Å². The summed E-state index contributed by atoms with van der Waals surface area (Å²) in [5, 5.41) is 0. The molecule has 0 aliphatic heterocycles. The Kier molecular flexibility index (Phi) is 6.51. The van der Waals surface area contributed by atoms with E-state index in [2.05, 4.69) is 22.6 Å². The number of nitrogens with zero attached hydrogens (tertiary/aromatic N) is 1. The lowest BCUT2D eigenvalue weighted by Gasteiger charge is -2.24. The number of benzene rings is 3. The van der Waals surface area contributed by atoms with Gasteiger partial charge in [0.05, 0.1) is 19.3 Å². The molecule has 28 heavy (non-hydrogen) atoms. The van der Waals surface area contributed by atoms with Gasteiger partial charge < -0.3 is 14.4 Å². The second kappa shape index (κ2) is 9.05. The third kappa shape index (κ3) is 4.81. The van der Waals surface area contributed by atoms with E-state index in [0.29, 0.717) is 22.9 Å². The van der Waals surface area contributed by atoms with Crippen LogP contribution < -0.4 is 14.4 Å². The fourth-order valence-electron chi connectivity index (χ4n) is 2.74. The molecule has 4 nitrogen and oxygen atoms in total. The maximum absolute atomic E-state index is 14.0. The number of amides is 1. The Bertz CT molecular complexity index is 979. The minimum absolute atomic E-state index is 0.220. The van der Waals surface area contributed by atoms with Crippen LogP contribution in [0.15, 0.2) is 66.7 Å². The van der Waals surface area contributed by atoms with Crippen LogP contribution in [0.25, 0.3) is 0 Å². The fraction of sp³-hybridized carbons (Fsp3) is 0.136. The van der Waals surface area contributed by atoms with Gasteiger partial charge in [-0.1, -0.05) is 18.2 Å². The number of halogens is 2. The summed E-state index contributed by atoms with van der Waals surface area (Å²) in [6, 6.07) is 19.0. The van der Waals surface area contributed by atoms with Crippen LogP contribution in [0.5, 0.6) is 17.2 Å². The highest BCUT2D eigenvalue weighted by Crippen LogP contribution is 2.35. The van der Waals surface area contributed by atoms with Gasteiger partial charge in [-0.05, 0) is 70.6 Å². The van der Waals surface area contributed by atoms with E-state index < -0.39 is 5.82 Å². The van der Waals surface area contributed by atoms with Crippen LogP contribution in [0, 0.1) is 9.39 Å². The summed E-state index contributed by atoms with van der Waals surface area (Å²) in [6.07, 6.45) is 0. The van der Waals surface area contributed by atoms with Gasteiger partial charge in [0.2, 0.25) is 5.91 Å². The lowest BCUT2D eigenvalue weighted by Crippen LogP contribution is -2.28. The summed E-state index contributed by atoms with van der Waals surface area (Å²) in [5.41, 5.74) is 1.26. The van der Waals surface area contributed by atoms with Crippen LogP contribution in [0.3, 0.4) is 0 Å².